The third-order valence-electron chi connectivity index (χ3n) is 23.4. The minimum Gasteiger partial charge on any atom is -0.508 e. The van der Waals surface area contributed by atoms with Crippen LogP contribution >= 0.6 is 33.3 Å². The summed E-state index contributed by atoms with van der Waals surface area (Å²) in [7, 11) is 1.86. The fourth-order valence-corrected chi connectivity index (χ4v) is 18.7. The molecule has 768 valence electrons. The molecule has 135 heavy (non-hydrogen) atoms. The number of hydrogen-bond donors (Lipinski definition) is 22. The molecular weight excluding hydrogens is 1800 g/mol. The first-order valence-electron chi connectivity index (χ1n) is 48.4. The molecule has 1 aliphatic heterocycles. The number of primary amides is 1. The number of Topliss-reactive ketones (excluding diaryl/α,β-unsaturated/α-hetero) is 4. The average molecular weight is 1960 g/mol. The van der Waals surface area contributed by atoms with E-state index >= 15 is 24.0 Å². The number of rotatable bonds is 68. The van der Waals surface area contributed by atoms with E-state index in [0.717, 1.165) is 47.3 Å². The number of carbonyl (C=O) groups excluding carboxylic acids is 14. The zero-order chi connectivity index (χ0) is 101. The number of thioether (sulfide) groups is 1. The average Bonchev–Trinajstić information content (AvgIpc) is 0.853. The number of aliphatic hydroxyl groups excluding tert-OH is 2. The number of aliphatic hydroxyl groups is 2. The molecule has 0 radical (unpaired) electrons. The summed E-state index contributed by atoms with van der Waals surface area (Å²) in [6.07, 6.45) is 15.5. The minimum atomic E-state index is -1.80. The van der Waals surface area contributed by atoms with Crippen LogP contribution in [0, 0.1) is 35.5 Å². The zero-order valence-corrected chi connectivity index (χ0v) is 83.3. The lowest BCUT2D eigenvalue weighted by molar-refractivity contribution is -0.139. The molecular formula is C93H164N20O19S3. The number of nitrogens with one attached hydrogen (secondary N) is 10. The number of carboxylic acids is 1. The predicted molar refractivity (Wildman–Crippen MR) is 529 cm³/mol. The molecule has 1 heterocycles. The Hall–Kier alpha value is -8.78. The predicted octanol–water partition coefficient (Wildman–Crippen LogP) is 3.11. The van der Waals surface area contributed by atoms with Crippen molar-refractivity contribution < 1.29 is 92.3 Å². The molecule has 0 aliphatic carbocycles. The lowest BCUT2D eigenvalue weighted by Crippen LogP contribution is -2.60. The van der Waals surface area contributed by atoms with Gasteiger partial charge in [-0.05, 0) is 171 Å². The largest absolute Gasteiger partial charge is 0.508 e. The SMILES string of the molecule is CCCCCCCCCCCCCCCC(=O)C[C@@H](CCCCN)C(=O)N[C@@H](CCCCN)C(=O)C[C@@H](CC(C)C)C(=O)N[C@@H](CCCN=C(N)N)C(=O)C[C@H]1CSSC[C@@H](C(=O)N[C@@H](CCCCN)C(=O)N[C@@H](Cc2ccc(O)cc2)C(=O)N[C@@H](CCCN=C(N)N)C(=O)N[C@@H](CC(C)C)C(N)=O)NC[C@H](CC(=O)O)NC(=O)[C@H]([C@@H](C)O)NC(=O)[C@H](CCSC)CC(=O)[C@H](CO)NC1=O. The summed E-state index contributed by atoms with van der Waals surface area (Å²) in [5, 5.41) is 69.9. The van der Waals surface area contributed by atoms with Gasteiger partial charge in [0.05, 0.1) is 49.2 Å². The van der Waals surface area contributed by atoms with Crippen molar-refractivity contribution in [1.29, 1.82) is 0 Å². The van der Waals surface area contributed by atoms with Crippen LogP contribution < -0.4 is 99.0 Å². The molecule has 0 saturated carbocycles. The van der Waals surface area contributed by atoms with Crippen LogP contribution in [0.15, 0.2) is 34.3 Å². The second kappa shape index (κ2) is 71.6. The topological polar surface area (TPSA) is 690 Å². The molecule has 0 unspecified atom stereocenters. The Kier molecular flexibility index (Phi) is 64.9. The molecule has 1 aromatic rings. The van der Waals surface area contributed by atoms with Crippen molar-refractivity contribution in [1.82, 2.24) is 53.2 Å². The Morgan fingerprint density at radius 1 is 0.519 bits per heavy atom. The van der Waals surface area contributed by atoms with Crippen LogP contribution in [0.1, 0.15) is 272 Å². The third kappa shape index (κ3) is 54.2. The Labute approximate surface area is 810 Å². The smallest absolute Gasteiger partial charge is 0.305 e. The van der Waals surface area contributed by atoms with Gasteiger partial charge >= 0.3 is 5.97 Å². The van der Waals surface area contributed by atoms with Crippen LogP contribution in [0.3, 0.4) is 0 Å². The summed E-state index contributed by atoms with van der Waals surface area (Å²) in [5.74, 6) is -18.2. The Morgan fingerprint density at radius 2 is 1.00 bits per heavy atom. The van der Waals surface area contributed by atoms with Crippen LogP contribution in [0.25, 0.3) is 0 Å². The van der Waals surface area contributed by atoms with E-state index in [0.29, 0.717) is 63.5 Å². The highest BCUT2D eigenvalue weighted by Gasteiger charge is 2.40. The fraction of sp³-hybridized carbons (Fsp3) is 0.753. The quantitative estimate of drug-likeness (QED) is 0.0193. The Balaban J connectivity index is 2.89. The number of aliphatic imine (C=N–C) groups is 2. The second-order valence-electron chi connectivity index (χ2n) is 36.3. The van der Waals surface area contributed by atoms with E-state index < -0.39 is 211 Å². The number of carboxylic acid groups (broad SMARTS) is 1. The zero-order valence-electron chi connectivity index (χ0n) is 80.8. The van der Waals surface area contributed by atoms with Crippen molar-refractivity contribution in [2.45, 2.75) is 339 Å². The van der Waals surface area contributed by atoms with Crippen molar-refractivity contribution in [2.75, 3.05) is 69.4 Å². The first-order chi connectivity index (χ1) is 64.3. The number of benzene rings is 1. The lowest BCUT2D eigenvalue weighted by atomic mass is 9.87. The number of phenols is 1. The van der Waals surface area contributed by atoms with E-state index in [2.05, 4.69) is 70.1 Å². The van der Waals surface area contributed by atoms with Crippen molar-refractivity contribution in [2.24, 2.45) is 91.4 Å². The van der Waals surface area contributed by atoms with Gasteiger partial charge in [0.2, 0.25) is 59.1 Å². The van der Waals surface area contributed by atoms with Gasteiger partial charge in [-0.15, -0.1) is 0 Å². The van der Waals surface area contributed by atoms with Crippen LogP contribution in [-0.2, 0) is 78.3 Å². The highest BCUT2D eigenvalue weighted by Crippen LogP contribution is 2.30. The maximum absolute atomic E-state index is 15.4. The molecule has 10 amide bonds. The number of amides is 10. The minimum absolute atomic E-state index is 0.0116. The number of ketones is 4. The number of aromatic hydroxyl groups is 1. The number of carbonyl (C=O) groups is 15. The molecule has 1 saturated heterocycles. The maximum Gasteiger partial charge on any atom is 0.305 e. The van der Waals surface area contributed by atoms with Gasteiger partial charge in [0.25, 0.3) is 0 Å². The summed E-state index contributed by atoms with van der Waals surface area (Å²) >= 11 is 1.30. The van der Waals surface area contributed by atoms with Crippen molar-refractivity contribution in [3.8, 4) is 5.75 Å². The number of aliphatic carboxylic acids is 1. The second-order valence-corrected chi connectivity index (χ2v) is 39.8. The summed E-state index contributed by atoms with van der Waals surface area (Å²) in [4.78, 5) is 225. The van der Waals surface area contributed by atoms with Gasteiger partial charge in [-0.3, -0.25) is 81.9 Å². The standard InChI is InChI=1S/C93H164N20O19S3/c1-8-9-10-11-12-13-14-15-16-17-18-19-20-30-68(117)49-62(29-21-24-40-94)83(124)106-69(31-22-25-41-95)77(118)51-64(46-58(2)3)85(126)107-70(33-27-43-102-92(98)99)78(119)52-65-56-134-135-57-76(104-54-66(53-80(121)122)105-91(132)81(60(6)115)113-84(125)63(39-45-133-7)50-79(120)75(55-114)112-86(65)127)90(131)109-71(32-23-26-42-96)88(129)111-74(48-61-35-37-67(116)38-36-61)89(130)108-72(34-28-44-103-93(100)101)87(128)110-73(82(97)123)47-59(4)5/h35-38,58-60,62-66,69-76,81,104,114-116H,8-34,39-57,94-96H2,1-7H3,(H2,97,123)(H,105,132)(H,106,124)(H,107,126)(H,108,130)(H,109,131)(H,110,128)(H,111,129)(H,112,127)(H,113,125)(H,121,122)(H4,98,99,102)(H4,100,101,103)/t60-,62-,63-,64-,65+,66+,69+,70+,71+,72+,73+,74+,75+,76+,81+/m1/s1. The van der Waals surface area contributed by atoms with Gasteiger partial charge in [0, 0.05) is 87.4 Å². The van der Waals surface area contributed by atoms with E-state index in [9.17, 15) is 68.4 Å². The number of unbranched alkanes of at least 4 members (excludes halogenated alkanes) is 15. The molecule has 0 aromatic heterocycles. The van der Waals surface area contributed by atoms with E-state index in [1.807, 2.05) is 13.8 Å². The molecule has 1 aromatic carbocycles. The Bertz CT molecular complexity index is 3810. The number of nitrogens with two attached hydrogens (primary N) is 8. The maximum atomic E-state index is 15.4. The van der Waals surface area contributed by atoms with Crippen LogP contribution in [-0.4, -0.2) is 256 Å². The molecule has 1 fully saturated rings. The molecule has 0 bridgehead atoms. The van der Waals surface area contributed by atoms with Crippen molar-refractivity contribution in [3.63, 3.8) is 0 Å². The Morgan fingerprint density at radius 3 is 1.53 bits per heavy atom. The highest BCUT2D eigenvalue weighted by molar-refractivity contribution is 8.76. The summed E-state index contributed by atoms with van der Waals surface area (Å²) in [6.45, 7) is 9.86. The number of phenolic OH excluding ortho intramolecular Hbond substituents is 1. The highest BCUT2D eigenvalue weighted by atomic mass is 33.1. The summed E-state index contributed by atoms with van der Waals surface area (Å²) in [6, 6.07) is -9.00. The lowest BCUT2D eigenvalue weighted by Gasteiger charge is -2.29. The number of nitrogens with zero attached hydrogens (tertiary/aromatic N) is 2. The monoisotopic (exact) mass is 1960 g/mol. The normalized spacial score (nSPS) is 18.6. The third-order valence-corrected chi connectivity index (χ3v) is 26.5. The van der Waals surface area contributed by atoms with E-state index in [4.69, 9.17) is 45.9 Å². The van der Waals surface area contributed by atoms with Gasteiger partial charge in [-0.25, -0.2) is 0 Å². The molecule has 1 aliphatic rings. The molecule has 30 N–H and O–H groups in total. The molecule has 39 nitrogen and oxygen atoms in total. The molecule has 0 spiro atoms. The molecule has 42 heteroatoms. The first-order valence-corrected chi connectivity index (χ1v) is 52.3. The number of guanidine groups is 2. The van der Waals surface area contributed by atoms with Gasteiger partial charge in [0.1, 0.15) is 47.8 Å². The summed E-state index contributed by atoms with van der Waals surface area (Å²) < 4.78 is 0. The van der Waals surface area contributed by atoms with E-state index in [1.54, 1.807) is 20.1 Å². The molecule has 15 atom stereocenters. The van der Waals surface area contributed by atoms with Gasteiger partial charge in [-0.2, -0.15) is 11.8 Å². The van der Waals surface area contributed by atoms with Gasteiger partial charge in [0.15, 0.2) is 29.3 Å². The van der Waals surface area contributed by atoms with Gasteiger partial charge in [-0.1, -0.05) is 152 Å². The first kappa shape index (κ1) is 122. The van der Waals surface area contributed by atoms with Crippen LogP contribution in [0.4, 0.5) is 0 Å². The van der Waals surface area contributed by atoms with Crippen molar-refractivity contribution in [3.05, 3.63) is 29.8 Å². The van der Waals surface area contributed by atoms with Gasteiger partial charge < -0.3 is 119 Å². The summed E-state index contributed by atoms with van der Waals surface area (Å²) in [5.41, 5.74) is 46.6. The van der Waals surface area contributed by atoms with Crippen LogP contribution in [0.2, 0.25) is 0 Å². The number of hydrogen-bond acceptors (Lipinski definition) is 27. The van der Waals surface area contributed by atoms with Crippen LogP contribution in [0.5, 0.6) is 5.75 Å². The molecule has 2 rings (SSSR count). The van der Waals surface area contributed by atoms with E-state index in [1.165, 1.54) is 94.3 Å². The van der Waals surface area contributed by atoms with Crippen molar-refractivity contribution >= 4 is 133 Å². The fourth-order valence-electron chi connectivity index (χ4n) is 15.6. The van der Waals surface area contributed by atoms with E-state index in [-0.39, 0.29) is 156 Å².